The Kier molecular flexibility index (Phi) is 6.14. The van der Waals surface area contributed by atoms with E-state index in [0.29, 0.717) is 22.4 Å². The summed E-state index contributed by atoms with van der Waals surface area (Å²) in [7, 11) is 4.62. The van der Waals surface area contributed by atoms with Gasteiger partial charge < -0.3 is 14.2 Å². The van der Waals surface area contributed by atoms with E-state index in [-0.39, 0.29) is 5.91 Å². The molecule has 0 aliphatic carbocycles. The number of rotatable bonds is 7. The number of aromatic nitrogens is 2. The van der Waals surface area contributed by atoms with Crippen LogP contribution in [-0.4, -0.2) is 37.4 Å². The van der Waals surface area contributed by atoms with Crippen LogP contribution in [0.2, 0.25) is 0 Å². The van der Waals surface area contributed by atoms with Crippen molar-refractivity contribution in [2.75, 3.05) is 26.6 Å². The number of hydrogen-bond donors (Lipinski definition) is 1. The lowest BCUT2D eigenvalue weighted by Crippen LogP contribution is -2.07. The van der Waals surface area contributed by atoms with Crippen molar-refractivity contribution in [3.63, 3.8) is 0 Å². The summed E-state index contributed by atoms with van der Waals surface area (Å²) in [5, 5.41) is 11.9. The molecule has 1 aromatic carbocycles. The normalized spacial score (nSPS) is 10.7. The first kappa shape index (κ1) is 17.7. The van der Waals surface area contributed by atoms with E-state index in [0.717, 1.165) is 17.0 Å². The predicted octanol–water partition coefficient (Wildman–Crippen LogP) is 2.78. The first-order valence-electron chi connectivity index (χ1n) is 7.22. The minimum Gasteiger partial charge on any atom is -0.493 e. The van der Waals surface area contributed by atoms with E-state index < -0.39 is 0 Å². The highest BCUT2D eigenvalue weighted by Crippen LogP contribution is 2.38. The van der Waals surface area contributed by atoms with Gasteiger partial charge >= 0.3 is 0 Å². The van der Waals surface area contributed by atoms with Crippen LogP contribution in [0.3, 0.4) is 0 Å². The molecule has 1 aromatic heterocycles. The minimum atomic E-state index is -0.289. The molecular weight excluding hydrogens is 330 g/mol. The fourth-order valence-electron chi connectivity index (χ4n) is 1.96. The summed E-state index contributed by atoms with van der Waals surface area (Å²) in [6, 6.07) is 3.51. The van der Waals surface area contributed by atoms with Gasteiger partial charge in [-0.05, 0) is 30.2 Å². The molecule has 1 amide bonds. The molecule has 24 heavy (non-hydrogen) atoms. The maximum absolute atomic E-state index is 12.0. The zero-order chi connectivity index (χ0) is 17.5. The monoisotopic (exact) mass is 349 g/mol. The van der Waals surface area contributed by atoms with Crippen LogP contribution in [0.5, 0.6) is 17.2 Å². The molecule has 0 atom stereocenters. The van der Waals surface area contributed by atoms with E-state index in [1.165, 1.54) is 38.7 Å². The van der Waals surface area contributed by atoms with Crippen molar-refractivity contribution >= 4 is 28.5 Å². The van der Waals surface area contributed by atoms with E-state index in [1.807, 2.05) is 6.92 Å². The van der Waals surface area contributed by atoms with Gasteiger partial charge in [0, 0.05) is 6.08 Å². The first-order chi connectivity index (χ1) is 11.6. The lowest BCUT2D eigenvalue weighted by Gasteiger charge is -2.12. The van der Waals surface area contributed by atoms with Gasteiger partial charge in [-0.25, -0.2) is 0 Å². The third kappa shape index (κ3) is 4.23. The predicted molar refractivity (Wildman–Crippen MR) is 93.0 cm³/mol. The van der Waals surface area contributed by atoms with Gasteiger partial charge in [0.25, 0.3) is 0 Å². The van der Waals surface area contributed by atoms with Crippen LogP contribution in [0.15, 0.2) is 18.2 Å². The van der Waals surface area contributed by atoms with Crippen molar-refractivity contribution in [3.05, 3.63) is 28.8 Å². The summed E-state index contributed by atoms with van der Waals surface area (Å²) in [6.07, 6.45) is 3.85. The van der Waals surface area contributed by atoms with E-state index in [9.17, 15) is 4.79 Å². The number of anilines is 1. The smallest absolute Gasteiger partial charge is 0.250 e. The highest BCUT2D eigenvalue weighted by molar-refractivity contribution is 7.15. The van der Waals surface area contributed by atoms with E-state index in [1.54, 1.807) is 18.2 Å². The molecular formula is C16H19N3O4S. The van der Waals surface area contributed by atoms with Crippen molar-refractivity contribution in [3.8, 4) is 17.2 Å². The summed E-state index contributed by atoms with van der Waals surface area (Å²) in [6.45, 7) is 1.98. The van der Waals surface area contributed by atoms with Crippen molar-refractivity contribution in [2.24, 2.45) is 0 Å². The maximum atomic E-state index is 12.0. The molecule has 0 aliphatic heterocycles. The number of amides is 1. The average molecular weight is 349 g/mol. The van der Waals surface area contributed by atoms with Crippen molar-refractivity contribution in [1.29, 1.82) is 0 Å². The fraction of sp³-hybridized carbons (Fsp3) is 0.312. The van der Waals surface area contributed by atoms with Crippen LogP contribution in [-0.2, 0) is 11.2 Å². The third-order valence-electron chi connectivity index (χ3n) is 3.11. The van der Waals surface area contributed by atoms with Crippen molar-refractivity contribution < 1.29 is 19.0 Å². The molecule has 0 aliphatic rings. The highest BCUT2D eigenvalue weighted by atomic mass is 32.1. The van der Waals surface area contributed by atoms with Crippen LogP contribution in [0.1, 0.15) is 17.5 Å². The van der Waals surface area contributed by atoms with E-state index >= 15 is 0 Å². The molecule has 0 fully saturated rings. The van der Waals surface area contributed by atoms with Crippen LogP contribution in [0, 0.1) is 0 Å². The molecule has 8 heteroatoms. The van der Waals surface area contributed by atoms with Crippen molar-refractivity contribution in [1.82, 2.24) is 10.2 Å². The van der Waals surface area contributed by atoms with Crippen LogP contribution in [0.25, 0.3) is 6.08 Å². The Bertz CT molecular complexity index is 718. The van der Waals surface area contributed by atoms with E-state index in [4.69, 9.17) is 14.2 Å². The quantitative estimate of drug-likeness (QED) is 0.774. The number of carbonyl (C=O) groups excluding carboxylic acids is 1. The molecule has 0 unspecified atom stereocenters. The molecule has 0 bridgehead atoms. The molecule has 128 valence electrons. The van der Waals surface area contributed by atoms with Crippen LogP contribution < -0.4 is 19.5 Å². The number of hydrogen-bond acceptors (Lipinski definition) is 7. The Morgan fingerprint density at radius 1 is 1.17 bits per heavy atom. The van der Waals surface area contributed by atoms with Gasteiger partial charge in [-0.3, -0.25) is 10.1 Å². The Balaban J connectivity index is 2.14. The number of benzene rings is 1. The van der Waals surface area contributed by atoms with Crippen molar-refractivity contribution in [2.45, 2.75) is 13.3 Å². The Labute approximate surface area is 144 Å². The van der Waals surface area contributed by atoms with Crippen LogP contribution in [0.4, 0.5) is 5.13 Å². The summed E-state index contributed by atoms with van der Waals surface area (Å²) < 4.78 is 15.8. The number of methoxy groups -OCH3 is 3. The number of nitrogens with zero attached hydrogens (tertiary/aromatic N) is 2. The SMILES string of the molecule is CCc1nnc(NC(=O)/C=C/c2cc(OC)c(OC)c(OC)c2)s1. The lowest BCUT2D eigenvalue weighted by atomic mass is 10.1. The molecule has 1 heterocycles. The molecule has 0 spiro atoms. The summed E-state index contributed by atoms with van der Waals surface area (Å²) in [5.41, 5.74) is 0.742. The molecule has 2 aromatic rings. The number of ether oxygens (including phenoxy) is 3. The molecule has 7 nitrogen and oxygen atoms in total. The first-order valence-corrected chi connectivity index (χ1v) is 8.04. The molecule has 1 N–H and O–H groups in total. The number of nitrogens with one attached hydrogen (secondary N) is 1. The largest absolute Gasteiger partial charge is 0.493 e. The Morgan fingerprint density at radius 2 is 1.83 bits per heavy atom. The second kappa shape index (κ2) is 8.30. The third-order valence-corrected chi connectivity index (χ3v) is 4.10. The van der Waals surface area contributed by atoms with Gasteiger partial charge in [0.2, 0.25) is 16.8 Å². The highest BCUT2D eigenvalue weighted by Gasteiger charge is 2.12. The molecule has 0 saturated heterocycles. The number of carbonyl (C=O) groups is 1. The zero-order valence-electron chi connectivity index (χ0n) is 14.0. The zero-order valence-corrected chi connectivity index (χ0v) is 14.8. The second-order valence-electron chi connectivity index (χ2n) is 4.64. The average Bonchev–Trinajstić information content (AvgIpc) is 3.06. The molecule has 0 radical (unpaired) electrons. The minimum absolute atomic E-state index is 0.289. The molecule has 0 saturated carbocycles. The van der Waals surface area contributed by atoms with Gasteiger partial charge in [0.1, 0.15) is 5.01 Å². The van der Waals surface area contributed by atoms with Gasteiger partial charge in [-0.15, -0.1) is 10.2 Å². The Morgan fingerprint density at radius 3 is 2.33 bits per heavy atom. The van der Waals surface area contributed by atoms with E-state index in [2.05, 4.69) is 15.5 Å². The van der Waals surface area contributed by atoms with Gasteiger partial charge in [0.15, 0.2) is 11.5 Å². The maximum Gasteiger partial charge on any atom is 0.250 e. The second-order valence-corrected chi connectivity index (χ2v) is 5.70. The van der Waals surface area contributed by atoms with Gasteiger partial charge in [-0.2, -0.15) is 0 Å². The standard InChI is InChI=1S/C16H19N3O4S/c1-5-14-18-19-16(24-14)17-13(20)7-6-10-8-11(21-2)15(23-4)12(9-10)22-3/h6-9H,5H2,1-4H3,(H,17,19,20)/b7-6+. The lowest BCUT2D eigenvalue weighted by molar-refractivity contribution is -0.111. The van der Waals surface area contributed by atoms with Crippen LogP contribution >= 0.6 is 11.3 Å². The molecule has 2 rings (SSSR count). The fourth-order valence-corrected chi connectivity index (χ4v) is 2.65. The summed E-state index contributed by atoms with van der Waals surface area (Å²) in [5.74, 6) is 1.26. The summed E-state index contributed by atoms with van der Waals surface area (Å²) in [4.78, 5) is 12.0. The topological polar surface area (TPSA) is 82.6 Å². The number of aryl methyl sites for hydroxylation is 1. The Hall–Kier alpha value is -2.61. The summed E-state index contributed by atoms with van der Waals surface area (Å²) >= 11 is 1.36. The van der Waals surface area contributed by atoms with Gasteiger partial charge in [-0.1, -0.05) is 18.3 Å². The van der Waals surface area contributed by atoms with Gasteiger partial charge in [0.05, 0.1) is 21.3 Å².